The molecule has 2 aliphatic rings. The Morgan fingerprint density at radius 1 is 1.04 bits per heavy atom. The predicted molar refractivity (Wildman–Crippen MR) is 100 cm³/mol. The van der Waals surface area contributed by atoms with Gasteiger partial charge in [-0.3, -0.25) is 19.3 Å². The Hall–Kier alpha value is -2.90. The highest BCUT2D eigenvalue weighted by Crippen LogP contribution is 2.35. The number of nitrogens with zero attached hydrogens (tertiary/aromatic N) is 1. The molecule has 8 nitrogen and oxygen atoms in total. The highest BCUT2D eigenvalue weighted by atomic mass is 16.2. The van der Waals surface area contributed by atoms with Crippen LogP contribution >= 0.6 is 0 Å². The molecule has 1 aromatic carbocycles. The molecule has 5 amide bonds. The molecule has 0 radical (unpaired) electrons. The van der Waals surface area contributed by atoms with Crippen LogP contribution in [0.5, 0.6) is 0 Å². The Balaban J connectivity index is 1.50. The fourth-order valence-electron chi connectivity index (χ4n) is 3.52. The molecule has 27 heavy (non-hydrogen) atoms. The van der Waals surface area contributed by atoms with Crippen LogP contribution in [0, 0.1) is 0 Å². The third-order valence-corrected chi connectivity index (χ3v) is 5.04. The highest BCUT2D eigenvalue weighted by Gasteiger charge is 2.52. The average molecular weight is 372 g/mol. The normalized spacial score (nSPS) is 17.9. The van der Waals surface area contributed by atoms with Crippen molar-refractivity contribution in [2.24, 2.45) is 0 Å². The van der Waals surface area contributed by atoms with Crippen LogP contribution < -0.4 is 16.0 Å². The summed E-state index contributed by atoms with van der Waals surface area (Å²) in [7, 11) is 0. The molecule has 1 saturated heterocycles. The van der Waals surface area contributed by atoms with Crippen molar-refractivity contribution in [3.63, 3.8) is 0 Å². The monoisotopic (exact) mass is 372 g/mol. The number of amides is 5. The van der Waals surface area contributed by atoms with Gasteiger partial charge >= 0.3 is 6.03 Å². The lowest BCUT2D eigenvalue weighted by molar-refractivity contribution is -0.131. The van der Waals surface area contributed by atoms with Crippen molar-refractivity contribution in [3.8, 4) is 0 Å². The lowest BCUT2D eigenvalue weighted by atomic mass is 9.98. The van der Waals surface area contributed by atoms with E-state index in [0.717, 1.165) is 17.7 Å². The first-order valence-corrected chi connectivity index (χ1v) is 9.27. The number of hydrogen-bond donors (Lipinski definition) is 3. The summed E-state index contributed by atoms with van der Waals surface area (Å²) in [6.45, 7) is 1.83. The number of carbonyl (C=O) groups excluding carboxylic acids is 4. The van der Waals surface area contributed by atoms with Crippen LogP contribution in [0.3, 0.4) is 0 Å². The molecule has 1 aliphatic carbocycles. The first kappa shape index (κ1) is 18.9. The molecule has 1 spiro atoms. The lowest BCUT2D eigenvalue weighted by Crippen LogP contribution is -2.44. The van der Waals surface area contributed by atoms with Crippen LogP contribution in [-0.2, 0) is 14.4 Å². The molecular weight excluding hydrogens is 348 g/mol. The van der Waals surface area contributed by atoms with E-state index < -0.39 is 11.6 Å². The topological polar surface area (TPSA) is 108 Å². The quantitative estimate of drug-likeness (QED) is 0.666. The van der Waals surface area contributed by atoms with E-state index in [1.807, 2.05) is 0 Å². The number of rotatable bonds is 6. The summed E-state index contributed by atoms with van der Waals surface area (Å²) >= 11 is 0. The number of nitrogens with one attached hydrogen (secondary N) is 3. The van der Waals surface area contributed by atoms with Gasteiger partial charge in [0, 0.05) is 30.8 Å². The number of imide groups is 1. The van der Waals surface area contributed by atoms with Gasteiger partial charge in [0.25, 0.3) is 5.91 Å². The van der Waals surface area contributed by atoms with Gasteiger partial charge in [0.1, 0.15) is 5.54 Å². The SMILES string of the molecule is CCC(=O)Nc1ccc(NC(=O)CCN2C(=O)NC3(CCCC3)C2=O)cc1. The smallest absolute Gasteiger partial charge is 0.325 e. The molecule has 1 aliphatic heterocycles. The molecule has 8 heteroatoms. The molecule has 3 rings (SSSR count). The molecule has 1 saturated carbocycles. The van der Waals surface area contributed by atoms with Crippen LogP contribution in [-0.4, -0.2) is 40.7 Å². The molecular formula is C19H24N4O4. The molecule has 0 atom stereocenters. The largest absolute Gasteiger partial charge is 0.326 e. The van der Waals surface area contributed by atoms with Crippen LogP contribution in [0.25, 0.3) is 0 Å². The molecule has 0 bridgehead atoms. The molecule has 0 aromatic heterocycles. The van der Waals surface area contributed by atoms with Crippen molar-refractivity contribution in [1.29, 1.82) is 0 Å². The van der Waals surface area contributed by atoms with Crippen molar-refractivity contribution >= 4 is 35.1 Å². The Bertz CT molecular complexity index is 753. The van der Waals surface area contributed by atoms with Gasteiger partial charge in [0.05, 0.1) is 0 Å². The first-order valence-electron chi connectivity index (χ1n) is 9.27. The van der Waals surface area contributed by atoms with Crippen LogP contribution in [0.2, 0.25) is 0 Å². The zero-order valence-corrected chi connectivity index (χ0v) is 15.3. The summed E-state index contributed by atoms with van der Waals surface area (Å²) < 4.78 is 0. The second kappa shape index (κ2) is 7.77. The second-order valence-corrected chi connectivity index (χ2v) is 6.95. The van der Waals surface area contributed by atoms with Crippen molar-refractivity contribution in [2.45, 2.75) is 51.0 Å². The standard InChI is InChI=1S/C19H24N4O4/c1-2-15(24)20-13-5-7-14(8-6-13)21-16(25)9-12-23-17(26)19(22-18(23)27)10-3-4-11-19/h5-8H,2-4,9-12H2,1H3,(H,20,24)(H,21,25)(H,22,27). The fourth-order valence-corrected chi connectivity index (χ4v) is 3.52. The third-order valence-electron chi connectivity index (χ3n) is 5.04. The maximum absolute atomic E-state index is 12.5. The van der Waals surface area contributed by atoms with Gasteiger partial charge in [-0.2, -0.15) is 0 Å². The van der Waals surface area contributed by atoms with Crippen molar-refractivity contribution < 1.29 is 19.2 Å². The van der Waals surface area contributed by atoms with Crippen molar-refractivity contribution in [3.05, 3.63) is 24.3 Å². The van der Waals surface area contributed by atoms with E-state index in [1.54, 1.807) is 31.2 Å². The third kappa shape index (κ3) is 4.10. The Morgan fingerprint density at radius 3 is 2.15 bits per heavy atom. The minimum absolute atomic E-state index is 0.0313. The van der Waals surface area contributed by atoms with Gasteiger partial charge in [0.2, 0.25) is 11.8 Å². The van der Waals surface area contributed by atoms with E-state index >= 15 is 0 Å². The van der Waals surface area contributed by atoms with Crippen LogP contribution in [0.4, 0.5) is 16.2 Å². The van der Waals surface area contributed by atoms with Crippen LogP contribution in [0.1, 0.15) is 45.4 Å². The Labute approximate surface area is 157 Å². The number of urea groups is 1. The van der Waals surface area contributed by atoms with Gasteiger partial charge in [-0.25, -0.2) is 4.79 Å². The van der Waals surface area contributed by atoms with E-state index in [2.05, 4.69) is 16.0 Å². The summed E-state index contributed by atoms with van der Waals surface area (Å²) in [5, 5.41) is 8.26. The minimum Gasteiger partial charge on any atom is -0.326 e. The molecule has 2 fully saturated rings. The van der Waals surface area contributed by atoms with Crippen molar-refractivity contribution in [1.82, 2.24) is 10.2 Å². The zero-order chi connectivity index (χ0) is 19.4. The average Bonchev–Trinajstić information content (AvgIpc) is 3.21. The summed E-state index contributed by atoms with van der Waals surface area (Å²) in [5.41, 5.74) is 0.492. The predicted octanol–water partition coefficient (Wildman–Crippen LogP) is 2.23. The number of carbonyl (C=O) groups is 4. The number of benzene rings is 1. The van der Waals surface area contributed by atoms with E-state index in [1.165, 1.54) is 0 Å². The summed E-state index contributed by atoms with van der Waals surface area (Å²) in [6, 6.07) is 6.36. The highest BCUT2D eigenvalue weighted by molar-refractivity contribution is 6.07. The fraction of sp³-hybridized carbons (Fsp3) is 0.474. The molecule has 144 valence electrons. The van der Waals surface area contributed by atoms with Crippen molar-refractivity contribution in [2.75, 3.05) is 17.2 Å². The minimum atomic E-state index is -0.744. The Morgan fingerprint density at radius 2 is 1.59 bits per heavy atom. The van der Waals surface area contributed by atoms with E-state index in [0.29, 0.717) is 30.6 Å². The van der Waals surface area contributed by atoms with Gasteiger partial charge in [-0.1, -0.05) is 19.8 Å². The van der Waals surface area contributed by atoms with Gasteiger partial charge in [0.15, 0.2) is 0 Å². The van der Waals surface area contributed by atoms with Gasteiger partial charge in [-0.05, 0) is 37.1 Å². The Kier molecular flexibility index (Phi) is 5.43. The molecule has 1 heterocycles. The zero-order valence-electron chi connectivity index (χ0n) is 15.3. The van der Waals surface area contributed by atoms with E-state index in [4.69, 9.17) is 0 Å². The second-order valence-electron chi connectivity index (χ2n) is 6.95. The summed E-state index contributed by atoms with van der Waals surface area (Å²) in [5.74, 6) is -0.581. The molecule has 1 aromatic rings. The first-order chi connectivity index (χ1) is 12.9. The maximum Gasteiger partial charge on any atom is 0.325 e. The molecule has 3 N–H and O–H groups in total. The van der Waals surface area contributed by atoms with E-state index in [-0.39, 0.29) is 30.7 Å². The summed E-state index contributed by atoms with van der Waals surface area (Å²) in [4.78, 5) is 49.3. The number of anilines is 2. The number of hydrogen-bond acceptors (Lipinski definition) is 4. The van der Waals surface area contributed by atoms with Gasteiger partial charge < -0.3 is 16.0 Å². The van der Waals surface area contributed by atoms with Gasteiger partial charge in [-0.15, -0.1) is 0 Å². The lowest BCUT2D eigenvalue weighted by Gasteiger charge is -2.19. The maximum atomic E-state index is 12.5. The molecule has 0 unspecified atom stereocenters. The van der Waals surface area contributed by atoms with E-state index in [9.17, 15) is 19.2 Å². The van der Waals surface area contributed by atoms with Crippen LogP contribution in [0.15, 0.2) is 24.3 Å². The summed E-state index contributed by atoms with van der Waals surface area (Å²) in [6.07, 6.45) is 3.61.